The highest BCUT2D eigenvalue weighted by molar-refractivity contribution is 6.04. The minimum atomic E-state index is -0.540. The second-order valence-corrected chi connectivity index (χ2v) is 7.80. The largest absolute Gasteiger partial charge is 0.464 e. The highest BCUT2D eigenvalue weighted by Gasteiger charge is 2.16. The van der Waals surface area contributed by atoms with Crippen molar-refractivity contribution in [2.75, 3.05) is 18.5 Å². The Morgan fingerprint density at radius 3 is 2.65 bits per heavy atom. The van der Waals surface area contributed by atoms with Crippen LogP contribution in [0.15, 0.2) is 53.1 Å². The zero-order chi connectivity index (χ0) is 22.4. The number of furan rings is 1. The number of esters is 1. The number of rotatable bonds is 8. The van der Waals surface area contributed by atoms with Crippen molar-refractivity contribution < 1.29 is 23.5 Å². The van der Waals surface area contributed by atoms with Crippen LogP contribution >= 0.6 is 0 Å². The van der Waals surface area contributed by atoms with Crippen molar-refractivity contribution in [1.29, 1.82) is 0 Å². The number of benzene rings is 2. The Labute approximate surface area is 180 Å². The fraction of sp³-hybridized carbons (Fsp3) is 0.292. The maximum Gasteiger partial charge on any atom is 0.310 e. The number of amides is 2. The lowest BCUT2D eigenvalue weighted by Crippen LogP contribution is -2.29. The number of ether oxygens (including phenoxy) is 1. The lowest BCUT2D eigenvalue weighted by molar-refractivity contribution is -0.146. The summed E-state index contributed by atoms with van der Waals surface area (Å²) in [5.41, 5.74) is 3.18. The van der Waals surface area contributed by atoms with Gasteiger partial charge in [0.05, 0.1) is 23.9 Å². The van der Waals surface area contributed by atoms with Gasteiger partial charge in [0.2, 0.25) is 0 Å². The van der Waals surface area contributed by atoms with Gasteiger partial charge in [-0.15, -0.1) is 0 Å². The first-order valence-electron chi connectivity index (χ1n) is 10.1. The number of para-hydroxylation sites is 1. The van der Waals surface area contributed by atoms with Crippen LogP contribution in [-0.2, 0) is 20.7 Å². The van der Waals surface area contributed by atoms with E-state index < -0.39 is 18.5 Å². The summed E-state index contributed by atoms with van der Waals surface area (Å²) in [4.78, 5) is 36.8. The number of fused-ring (bicyclic) bond motifs is 1. The molecule has 0 bridgehead atoms. The first-order valence-corrected chi connectivity index (χ1v) is 10.1. The third-order valence-electron chi connectivity index (χ3n) is 4.63. The average molecular weight is 422 g/mol. The average Bonchev–Trinajstić information content (AvgIpc) is 3.12. The monoisotopic (exact) mass is 422 g/mol. The molecule has 2 N–H and O–H groups in total. The van der Waals surface area contributed by atoms with E-state index in [2.05, 4.69) is 10.6 Å². The molecule has 0 fully saturated rings. The molecular weight excluding hydrogens is 396 g/mol. The van der Waals surface area contributed by atoms with Crippen LogP contribution in [-0.4, -0.2) is 30.9 Å². The molecule has 0 saturated carbocycles. The van der Waals surface area contributed by atoms with E-state index in [0.29, 0.717) is 34.9 Å². The molecule has 162 valence electrons. The van der Waals surface area contributed by atoms with E-state index in [9.17, 15) is 14.4 Å². The quantitative estimate of drug-likeness (QED) is 0.538. The van der Waals surface area contributed by atoms with Gasteiger partial charge < -0.3 is 19.8 Å². The molecule has 1 heterocycles. The minimum Gasteiger partial charge on any atom is -0.464 e. The second-order valence-electron chi connectivity index (χ2n) is 7.80. The van der Waals surface area contributed by atoms with Gasteiger partial charge in [0.15, 0.2) is 6.61 Å². The predicted molar refractivity (Wildman–Crippen MR) is 118 cm³/mol. The number of carbonyl (C=O) groups excluding carboxylic acids is 3. The smallest absolute Gasteiger partial charge is 0.310 e. The zero-order valence-corrected chi connectivity index (χ0v) is 17.9. The molecule has 2 aromatic carbocycles. The van der Waals surface area contributed by atoms with Gasteiger partial charge in [-0.1, -0.05) is 38.1 Å². The molecule has 7 heteroatoms. The normalized spacial score (nSPS) is 10.8. The molecule has 31 heavy (non-hydrogen) atoms. The number of hydrogen-bond acceptors (Lipinski definition) is 5. The molecule has 2 amide bonds. The van der Waals surface area contributed by atoms with Gasteiger partial charge in [-0.05, 0) is 36.6 Å². The van der Waals surface area contributed by atoms with Crippen LogP contribution in [0.25, 0.3) is 11.0 Å². The molecule has 0 aliphatic carbocycles. The van der Waals surface area contributed by atoms with Crippen LogP contribution in [0, 0.1) is 12.8 Å². The van der Waals surface area contributed by atoms with Gasteiger partial charge >= 0.3 is 5.97 Å². The molecule has 0 atom stereocenters. The summed E-state index contributed by atoms with van der Waals surface area (Å²) in [5, 5.41) is 6.30. The number of nitrogens with one attached hydrogen (secondary N) is 2. The predicted octanol–water partition coefficient (Wildman–Crippen LogP) is 3.85. The van der Waals surface area contributed by atoms with Gasteiger partial charge in [-0.25, -0.2) is 0 Å². The van der Waals surface area contributed by atoms with Crippen molar-refractivity contribution in [3.8, 4) is 0 Å². The third kappa shape index (κ3) is 5.94. The Hall–Kier alpha value is -3.61. The lowest BCUT2D eigenvalue weighted by Gasteiger charge is -2.12. The van der Waals surface area contributed by atoms with Crippen molar-refractivity contribution in [3.05, 3.63) is 65.4 Å². The van der Waals surface area contributed by atoms with Crippen molar-refractivity contribution in [2.24, 2.45) is 5.92 Å². The summed E-state index contributed by atoms with van der Waals surface area (Å²) in [5.74, 6) is -1.03. The van der Waals surface area contributed by atoms with Gasteiger partial charge in [0, 0.05) is 17.5 Å². The molecule has 0 aliphatic rings. The van der Waals surface area contributed by atoms with Gasteiger partial charge in [-0.3, -0.25) is 14.4 Å². The fourth-order valence-corrected chi connectivity index (χ4v) is 3.05. The van der Waals surface area contributed by atoms with E-state index in [-0.39, 0.29) is 12.3 Å². The zero-order valence-electron chi connectivity index (χ0n) is 17.9. The molecule has 0 unspecified atom stereocenters. The van der Waals surface area contributed by atoms with Crippen molar-refractivity contribution in [2.45, 2.75) is 27.2 Å². The van der Waals surface area contributed by atoms with E-state index in [1.54, 1.807) is 24.3 Å². The van der Waals surface area contributed by atoms with Crippen LogP contribution < -0.4 is 10.6 Å². The van der Waals surface area contributed by atoms with Crippen LogP contribution in [0.3, 0.4) is 0 Å². The van der Waals surface area contributed by atoms with Crippen LogP contribution in [0.4, 0.5) is 5.69 Å². The van der Waals surface area contributed by atoms with E-state index >= 15 is 0 Å². The minimum absolute atomic E-state index is 0.00244. The SMILES string of the molecule is Cc1ccc2c(CC(=O)OCC(=O)Nc3ccccc3C(=O)NCC(C)C)coc2c1. The molecule has 3 aromatic rings. The summed E-state index contributed by atoms with van der Waals surface area (Å²) in [6, 6.07) is 12.4. The molecule has 3 rings (SSSR count). The third-order valence-corrected chi connectivity index (χ3v) is 4.63. The van der Waals surface area contributed by atoms with Gasteiger partial charge in [-0.2, -0.15) is 0 Å². The number of anilines is 1. The van der Waals surface area contributed by atoms with Crippen molar-refractivity contribution >= 4 is 34.4 Å². The Balaban J connectivity index is 1.55. The summed E-state index contributed by atoms with van der Waals surface area (Å²) in [7, 11) is 0. The molecule has 0 radical (unpaired) electrons. The van der Waals surface area contributed by atoms with E-state index in [1.165, 1.54) is 6.26 Å². The van der Waals surface area contributed by atoms with E-state index in [0.717, 1.165) is 10.9 Å². The maximum absolute atomic E-state index is 12.4. The Morgan fingerprint density at radius 1 is 1.10 bits per heavy atom. The number of aryl methyl sites for hydroxylation is 1. The van der Waals surface area contributed by atoms with E-state index in [4.69, 9.17) is 9.15 Å². The summed E-state index contributed by atoms with van der Waals surface area (Å²) in [6.45, 7) is 6.03. The van der Waals surface area contributed by atoms with Crippen LogP contribution in [0.1, 0.15) is 35.3 Å². The Kier molecular flexibility index (Phi) is 7.07. The Bertz CT molecular complexity index is 1100. The van der Waals surface area contributed by atoms with Gasteiger partial charge in [0.1, 0.15) is 5.58 Å². The molecular formula is C24H26N2O5. The summed E-state index contributed by atoms with van der Waals surface area (Å²) in [6.07, 6.45) is 1.52. The summed E-state index contributed by atoms with van der Waals surface area (Å²) < 4.78 is 10.6. The van der Waals surface area contributed by atoms with E-state index in [1.807, 2.05) is 39.0 Å². The van der Waals surface area contributed by atoms with Gasteiger partial charge in [0.25, 0.3) is 11.8 Å². The van der Waals surface area contributed by atoms with Crippen molar-refractivity contribution in [1.82, 2.24) is 5.32 Å². The number of carbonyl (C=O) groups is 3. The molecule has 0 aliphatic heterocycles. The highest BCUT2D eigenvalue weighted by atomic mass is 16.5. The summed E-state index contributed by atoms with van der Waals surface area (Å²) >= 11 is 0. The van der Waals surface area contributed by atoms with Crippen LogP contribution in [0.5, 0.6) is 0 Å². The first kappa shape index (κ1) is 22.1. The molecule has 0 spiro atoms. The topological polar surface area (TPSA) is 97.6 Å². The highest BCUT2D eigenvalue weighted by Crippen LogP contribution is 2.23. The Morgan fingerprint density at radius 2 is 1.87 bits per heavy atom. The second kappa shape index (κ2) is 9.93. The van der Waals surface area contributed by atoms with Crippen LogP contribution in [0.2, 0.25) is 0 Å². The van der Waals surface area contributed by atoms with Crippen molar-refractivity contribution in [3.63, 3.8) is 0 Å². The maximum atomic E-state index is 12.4. The fourth-order valence-electron chi connectivity index (χ4n) is 3.05. The first-order chi connectivity index (χ1) is 14.8. The molecule has 0 saturated heterocycles. The number of hydrogen-bond donors (Lipinski definition) is 2. The standard InChI is InChI=1S/C24H26N2O5/c1-15(2)12-25-24(29)19-6-4-5-7-20(19)26-22(27)14-31-23(28)11-17-13-30-21-10-16(3)8-9-18(17)21/h4-10,13,15H,11-12,14H2,1-3H3,(H,25,29)(H,26,27). The molecule has 7 nitrogen and oxygen atoms in total. The molecule has 1 aromatic heterocycles. The lowest BCUT2D eigenvalue weighted by atomic mass is 10.1.